The zero-order valence-electron chi connectivity index (χ0n) is 48.9. The lowest BCUT2D eigenvalue weighted by Crippen LogP contribution is -2.60. The van der Waals surface area contributed by atoms with Crippen LogP contribution < -0.4 is 10.6 Å². The summed E-state index contributed by atoms with van der Waals surface area (Å²) in [5.41, 5.74) is 0.606. The Morgan fingerprint density at radius 2 is 1.16 bits per heavy atom. The molecule has 2 heterocycles. The van der Waals surface area contributed by atoms with Crippen LogP contribution in [0.15, 0.2) is 60.7 Å². The minimum absolute atomic E-state index is 0.0115. The van der Waals surface area contributed by atoms with Gasteiger partial charge in [-0.15, -0.1) is 0 Å². The fourth-order valence-corrected chi connectivity index (χ4v) is 9.90. The number of hydrogen-bond acceptors (Lipinski definition) is 12. The first-order valence-electron chi connectivity index (χ1n) is 27.7. The van der Waals surface area contributed by atoms with Crippen LogP contribution in [0.1, 0.15) is 111 Å². The molecule has 436 valence electrons. The van der Waals surface area contributed by atoms with E-state index in [0.29, 0.717) is 24.2 Å². The molecule has 2 aromatic carbocycles. The molecule has 0 unspecified atom stereocenters. The highest BCUT2D eigenvalue weighted by molar-refractivity contribution is 5.99. The molecule has 2 aromatic rings. The van der Waals surface area contributed by atoms with E-state index in [-0.39, 0.29) is 31.8 Å². The second kappa shape index (κ2) is 29.6. The normalized spacial score (nSPS) is 25.8. The van der Waals surface area contributed by atoms with Crippen LogP contribution in [0.3, 0.4) is 0 Å². The molecule has 20 nitrogen and oxygen atoms in total. The zero-order chi connectivity index (χ0) is 59.1. The van der Waals surface area contributed by atoms with Crippen LogP contribution in [0.5, 0.6) is 0 Å². The third-order valence-electron chi connectivity index (χ3n) is 15.2. The Kier molecular flexibility index (Phi) is 24.4. The van der Waals surface area contributed by atoms with E-state index in [1.54, 1.807) is 80.3 Å². The summed E-state index contributed by atoms with van der Waals surface area (Å²) in [5.74, 6) is -8.92. The van der Waals surface area contributed by atoms with E-state index in [0.717, 1.165) is 29.1 Å². The Morgan fingerprint density at radius 1 is 0.633 bits per heavy atom. The number of carbonyl (C=O) groups is 10. The number of ether oxygens (including phenoxy) is 1. The van der Waals surface area contributed by atoms with Crippen molar-refractivity contribution in [3.05, 3.63) is 71.8 Å². The lowest BCUT2D eigenvalue weighted by atomic mass is 9.92. The van der Waals surface area contributed by atoms with E-state index in [4.69, 9.17) is 4.74 Å². The van der Waals surface area contributed by atoms with Gasteiger partial charge < -0.3 is 49.9 Å². The highest BCUT2D eigenvalue weighted by Crippen LogP contribution is 2.25. The van der Waals surface area contributed by atoms with Crippen molar-refractivity contribution in [2.75, 3.05) is 61.5 Å². The monoisotopic (exact) mass is 1100 g/mol. The van der Waals surface area contributed by atoms with Crippen molar-refractivity contribution >= 4 is 58.8 Å². The van der Waals surface area contributed by atoms with Crippen LogP contribution in [0.4, 0.5) is 0 Å². The van der Waals surface area contributed by atoms with Gasteiger partial charge in [0, 0.05) is 74.0 Å². The standard InChI is InChI=1S/C59H88N8O12/c1-37(2)29-47-53(73)60-35-45(69)32-43(56(76)67-27-21-16-22-28-67)34-50(71)62(9)38(3)52(72)61-51(40(5)68)58(78)63(10)39(4)54(74)64(11)46(30-41-23-17-14-18-24-41)49(70)33-44(36-79-59(6,7)8)55(75)66(13)48(57(77)65(47)12)31-42-25-19-15-20-26-42/h14-15,17-20,23-26,37-40,43-44,46-48,51,68H,16,21-22,27-36H2,1-13H3,(H,60,73)(H,61,72)/t38-,39-,40+,43-,44-,46-,47-,48-,51-/m0/s1. The highest BCUT2D eigenvalue weighted by atomic mass is 16.5. The number of piperidine rings is 1. The van der Waals surface area contributed by atoms with Crippen molar-refractivity contribution in [2.24, 2.45) is 17.8 Å². The minimum Gasteiger partial charge on any atom is -0.391 e. The summed E-state index contributed by atoms with van der Waals surface area (Å²) in [7, 11) is 7.01. The molecule has 0 spiro atoms. The van der Waals surface area contributed by atoms with Crippen LogP contribution in [0, 0.1) is 17.8 Å². The molecule has 20 heteroatoms. The molecule has 2 aliphatic heterocycles. The predicted octanol–water partition coefficient (Wildman–Crippen LogP) is 3.06. The third kappa shape index (κ3) is 18.5. The summed E-state index contributed by atoms with van der Waals surface area (Å²) < 4.78 is 6.21. The molecule has 0 aromatic heterocycles. The van der Waals surface area contributed by atoms with Gasteiger partial charge in [0.15, 0.2) is 11.6 Å². The Morgan fingerprint density at radius 3 is 1.70 bits per heavy atom. The molecule has 3 N–H and O–H groups in total. The topological polar surface area (TPSA) is 244 Å². The maximum atomic E-state index is 15.2. The predicted molar refractivity (Wildman–Crippen MR) is 297 cm³/mol. The number of rotatable bonds is 10. The van der Waals surface area contributed by atoms with Gasteiger partial charge in [-0.3, -0.25) is 47.9 Å². The maximum Gasteiger partial charge on any atom is 0.248 e. The van der Waals surface area contributed by atoms with Gasteiger partial charge >= 0.3 is 0 Å². The molecule has 0 saturated carbocycles. The van der Waals surface area contributed by atoms with Gasteiger partial charge in [-0.05, 0) is 90.7 Å². The summed E-state index contributed by atoms with van der Waals surface area (Å²) in [5, 5.41) is 16.2. The van der Waals surface area contributed by atoms with Crippen molar-refractivity contribution in [1.29, 1.82) is 0 Å². The fraction of sp³-hybridized carbons (Fsp3) is 0.627. The lowest BCUT2D eigenvalue weighted by Gasteiger charge is -2.37. The van der Waals surface area contributed by atoms with Gasteiger partial charge in [0.1, 0.15) is 30.2 Å². The SMILES string of the molecule is CC(C)C[C@H]1C(=O)NCC(=O)C[C@H](C(=O)N2CCCCC2)CC(=O)N(C)[C@@H](C)C(=O)N[C@@H]([C@@H](C)O)C(=O)N(C)[C@@H](C)C(=O)N(C)[C@@H](Cc2ccccc2)C(=O)C[C@@H](COC(C)(C)C)C(=O)N(C)[C@@H](Cc2ccccc2)C(=O)N1C. The highest BCUT2D eigenvalue weighted by Gasteiger charge is 2.42. The number of amides is 8. The Labute approximate surface area is 467 Å². The first-order valence-corrected chi connectivity index (χ1v) is 27.7. The van der Waals surface area contributed by atoms with Crippen LogP contribution in [-0.4, -0.2) is 203 Å². The van der Waals surface area contributed by atoms with Gasteiger partial charge in [-0.1, -0.05) is 74.5 Å². The lowest BCUT2D eigenvalue weighted by molar-refractivity contribution is -0.153. The summed E-state index contributed by atoms with van der Waals surface area (Å²) >= 11 is 0. The van der Waals surface area contributed by atoms with E-state index >= 15 is 14.4 Å². The van der Waals surface area contributed by atoms with Crippen LogP contribution >= 0.6 is 0 Å². The summed E-state index contributed by atoms with van der Waals surface area (Å²) in [6, 6.07) is 10.3. The smallest absolute Gasteiger partial charge is 0.248 e. The molecular formula is C59H88N8O12. The average molecular weight is 1100 g/mol. The van der Waals surface area contributed by atoms with Crippen molar-refractivity contribution in [2.45, 2.75) is 161 Å². The first-order chi connectivity index (χ1) is 37.0. The van der Waals surface area contributed by atoms with Crippen molar-refractivity contribution in [1.82, 2.24) is 40.0 Å². The van der Waals surface area contributed by atoms with Crippen LogP contribution in [-0.2, 0) is 65.5 Å². The van der Waals surface area contributed by atoms with Crippen LogP contribution in [0.2, 0.25) is 0 Å². The molecule has 9 atom stereocenters. The number of hydrogen-bond donors (Lipinski definition) is 3. The van der Waals surface area contributed by atoms with Crippen LogP contribution in [0.25, 0.3) is 0 Å². The second-order valence-electron chi connectivity index (χ2n) is 23.0. The summed E-state index contributed by atoms with van der Waals surface area (Å²) in [6.07, 6.45) is -0.293. The van der Waals surface area contributed by atoms with Gasteiger partial charge in [-0.2, -0.15) is 0 Å². The number of carbonyl (C=O) groups excluding carboxylic acids is 10. The molecule has 2 aliphatic rings. The summed E-state index contributed by atoms with van der Waals surface area (Å²) in [4.78, 5) is 152. The van der Waals surface area contributed by atoms with Gasteiger partial charge in [-0.25, -0.2) is 0 Å². The molecule has 0 bridgehead atoms. The van der Waals surface area contributed by atoms with Gasteiger partial charge in [0.05, 0.1) is 42.7 Å². The number of aliphatic hydroxyl groups is 1. The second-order valence-corrected chi connectivity index (χ2v) is 23.0. The molecule has 79 heavy (non-hydrogen) atoms. The number of benzene rings is 2. The van der Waals surface area contributed by atoms with Crippen molar-refractivity contribution in [3.63, 3.8) is 0 Å². The largest absolute Gasteiger partial charge is 0.391 e. The molecule has 2 saturated heterocycles. The number of aliphatic hydroxyl groups excluding tert-OH is 1. The molecule has 4 rings (SSSR count). The fourth-order valence-electron chi connectivity index (χ4n) is 9.90. The number of likely N-dealkylation sites (tertiary alicyclic amines) is 1. The number of likely N-dealkylation sites (N-methyl/N-ethyl adjacent to an activating group) is 5. The molecule has 0 radical (unpaired) electrons. The van der Waals surface area contributed by atoms with E-state index in [2.05, 4.69) is 10.6 Å². The number of ketones is 2. The Hall–Kier alpha value is -6.54. The zero-order valence-corrected chi connectivity index (χ0v) is 48.9. The quantitative estimate of drug-likeness (QED) is 0.311. The van der Waals surface area contributed by atoms with E-state index in [1.807, 2.05) is 19.9 Å². The average Bonchev–Trinajstić information content (AvgIpc) is 3.42. The minimum atomic E-state index is -1.61. The molecule has 0 aliphatic carbocycles. The van der Waals surface area contributed by atoms with E-state index in [1.165, 1.54) is 70.7 Å². The first kappa shape index (κ1) is 65.0. The number of nitrogens with one attached hydrogen (secondary N) is 2. The maximum absolute atomic E-state index is 15.2. The molecular weight excluding hydrogens is 1010 g/mol. The third-order valence-corrected chi connectivity index (χ3v) is 15.2. The van der Waals surface area contributed by atoms with Gasteiger partial charge in [0.25, 0.3) is 0 Å². The molecule has 8 amide bonds. The Balaban J connectivity index is 1.87. The van der Waals surface area contributed by atoms with E-state index < -0.39 is 144 Å². The summed E-state index contributed by atoms with van der Waals surface area (Å²) in [6.45, 7) is 13.3. The van der Waals surface area contributed by atoms with Gasteiger partial charge in [0.2, 0.25) is 47.3 Å². The number of nitrogens with zero attached hydrogens (tertiary/aromatic N) is 6. The van der Waals surface area contributed by atoms with Crippen molar-refractivity contribution in [3.8, 4) is 0 Å². The van der Waals surface area contributed by atoms with Crippen molar-refractivity contribution < 1.29 is 57.8 Å². The number of Topliss-reactive ketones (excluding diaryl/α,β-unsaturated/α-hetero) is 2. The van der Waals surface area contributed by atoms with E-state index in [9.17, 15) is 38.7 Å². The Bertz CT molecular complexity index is 2440. The molecule has 2 fully saturated rings.